The maximum Gasteiger partial charge on any atom is 0.139 e. The number of aryl methyl sites for hydroxylation is 2. The van der Waals surface area contributed by atoms with Crippen LogP contribution in [-0.4, -0.2) is 45.5 Å². The van der Waals surface area contributed by atoms with Crippen LogP contribution in [0.2, 0.25) is 0 Å². The van der Waals surface area contributed by atoms with Crippen LogP contribution in [0, 0.1) is 6.92 Å². The molecule has 1 unspecified atom stereocenters. The van der Waals surface area contributed by atoms with Crippen molar-refractivity contribution in [2.45, 2.75) is 32.7 Å². The van der Waals surface area contributed by atoms with Gasteiger partial charge in [0.15, 0.2) is 0 Å². The molecule has 0 aromatic carbocycles. The molecule has 8 nitrogen and oxygen atoms in total. The van der Waals surface area contributed by atoms with Crippen LogP contribution in [0.1, 0.15) is 34.4 Å². The fourth-order valence-corrected chi connectivity index (χ4v) is 3.88. The lowest BCUT2D eigenvalue weighted by molar-refractivity contribution is 0.195. The number of hydrogen-bond donors (Lipinski definition) is 1. The number of aliphatic hydroxyl groups is 1. The molecular weight excluding hydrogens is 354 g/mol. The maximum absolute atomic E-state index is 10.7. The first kappa shape index (κ1) is 17.2. The van der Waals surface area contributed by atoms with E-state index in [-0.39, 0.29) is 0 Å². The molecule has 0 saturated heterocycles. The number of imidazole rings is 1. The molecule has 1 aliphatic heterocycles. The summed E-state index contributed by atoms with van der Waals surface area (Å²) in [7, 11) is 1.83. The number of hydrogen-bond acceptors (Lipinski definition) is 5. The fraction of sp³-hybridized carbons (Fsp3) is 0.350. The van der Waals surface area contributed by atoms with E-state index in [2.05, 4.69) is 50.9 Å². The van der Waals surface area contributed by atoms with Crippen molar-refractivity contribution >= 4 is 5.65 Å². The molecule has 1 aliphatic rings. The van der Waals surface area contributed by atoms with E-state index in [1.165, 1.54) is 5.56 Å². The topological polar surface area (TPSA) is 76.4 Å². The summed E-state index contributed by atoms with van der Waals surface area (Å²) >= 11 is 0. The van der Waals surface area contributed by atoms with Gasteiger partial charge in [0.25, 0.3) is 0 Å². The second-order valence-corrected chi connectivity index (χ2v) is 7.48. The molecule has 0 aliphatic carbocycles. The minimum atomic E-state index is -0.763. The second-order valence-electron chi connectivity index (χ2n) is 7.48. The van der Waals surface area contributed by atoms with Crippen LogP contribution < -0.4 is 0 Å². The molecule has 4 aromatic heterocycles. The Morgan fingerprint density at radius 3 is 2.89 bits per heavy atom. The summed E-state index contributed by atoms with van der Waals surface area (Å²) in [6.45, 7) is 5.38. The van der Waals surface area contributed by atoms with Crippen LogP contribution >= 0.6 is 0 Å². The van der Waals surface area contributed by atoms with Crippen molar-refractivity contribution < 1.29 is 5.11 Å². The van der Waals surface area contributed by atoms with E-state index in [9.17, 15) is 5.11 Å². The van der Waals surface area contributed by atoms with Gasteiger partial charge in [0.1, 0.15) is 11.8 Å². The molecule has 5 heterocycles. The Kier molecular flexibility index (Phi) is 4.03. The third kappa shape index (κ3) is 3.00. The lowest BCUT2D eigenvalue weighted by atomic mass is 10.1. The van der Waals surface area contributed by atoms with Crippen molar-refractivity contribution in [2.24, 2.45) is 7.05 Å². The second kappa shape index (κ2) is 6.57. The number of aromatic nitrogens is 6. The van der Waals surface area contributed by atoms with Gasteiger partial charge in [-0.25, -0.2) is 4.98 Å². The van der Waals surface area contributed by atoms with Gasteiger partial charge in [-0.3, -0.25) is 14.3 Å². The minimum Gasteiger partial charge on any atom is -0.380 e. The number of fused-ring (bicyclic) bond motifs is 2. The molecule has 0 bridgehead atoms. The highest BCUT2D eigenvalue weighted by atomic mass is 16.3. The summed E-state index contributed by atoms with van der Waals surface area (Å²) < 4.78 is 5.76. The highest BCUT2D eigenvalue weighted by Crippen LogP contribution is 2.24. The predicted molar refractivity (Wildman–Crippen MR) is 104 cm³/mol. The van der Waals surface area contributed by atoms with E-state index in [0.717, 1.165) is 48.9 Å². The van der Waals surface area contributed by atoms with Gasteiger partial charge in [-0.1, -0.05) is 6.07 Å². The molecule has 0 fully saturated rings. The molecule has 0 saturated carbocycles. The summed E-state index contributed by atoms with van der Waals surface area (Å²) in [6.07, 6.45) is 5.13. The molecule has 0 amide bonds. The third-order valence-electron chi connectivity index (χ3n) is 5.35. The Bertz CT molecular complexity index is 1140. The van der Waals surface area contributed by atoms with Crippen LogP contribution in [0.3, 0.4) is 0 Å². The lowest BCUT2D eigenvalue weighted by Gasteiger charge is -2.26. The average molecular weight is 377 g/mol. The SMILES string of the molecule is Cc1ccc2nc(CN3CCn4nc(C(O)c5ccnn5C)cc4C3)cn2c1. The molecule has 5 rings (SSSR count). The Labute approximate surface area is 162 Å². The standard InChI is InChI=1S/C20H23N7O/c1-14-3-4-19-22-15(12-26(19)10-14)11-25-7-8-27-16(13-25)9-17(23-27)20(28)18-5-6-21-24(18)2/h3-6,9-10,12,20,28H,7-8,11,13H2,1-2H3. The zero-order valence-corrected chi connectivity index (χ0v) is 16.0. The van der Waals surface area contributed by atoms with E-state index in [4.69, 9.17) is 4.98 Å². The van der Waals surface area contributed by atoms with E-state index in [1.807, 2.05) is 23.9 Å². The first-order chi connectivity index (χ1) is 13.6. The summed E-state index contributed by atoms with van der Waals surface area (Å²) in [5.41, 5.74) is 5.79. The lowest BCUT2D eigenvalue weighted by Crippen LogP contribution is -2.33. The third-order valence-corrected chi connectivity index (χ3v) is 5.35. The Balaban J connectivity index is 1.33. The van der Waals surface area contributed by atoms with Gasteiger partial charge in [-0.05, 0) is 30.7 Å². The van der Waals surface area contributed by atoms with Gasteiger partial charge in [0.05, 0.1) is 29.3 Å². The van der Waals surface area contributed by atoms with E-state index in [1.54, 1.807) is 10.9 Å². The van der Waals surface area contributed by atoms with Crippen molar-refractivity contribution in [3.05, 3.63) is 71.2 Å². The highest BCUT2D eigenvalue weighted by molar-refractivity contribution is 5.41. The van der Waals surface area contributed by atoms with E-state index in [0.29, 0.717) is 5.69 Å². The smallest absolute Gasteiger partial charge is 0.139 e. The van der Waals surface area contributed by atoms with Crippen LogP contribution in [0.5, 0.6) is 0 Å². The first-order valence-corrected chi connectivity index (χ1v) is 9.46. The zero-order valence-electron chi connectivity index (χ0n) is 16.0. The van der Waals surface area contributed by atoms with Gasteiger partial charge in [-0.15, -0.1) is 0 Å². The predicted octanol–water partition coefficient (Wildman–Crippen LogP) is 1.67. The molecule has 144 valence electrons. The van der Waals surface area contributed by atoms with E-state index < -0.39 is 6.10 Å². The van der Waals surface area contributed by atoms with E-state index >= 15 is 0 Å². The monoisotopic (exact) mass is 377 g/mol. The fourth-order valence-electron chi connectivity index (χ4n) is 3.88. The van der Waals surface area contributed by atoms with Gasteiger partial charge >= 0.3 is 0 Å². The molecular formula is C20H23N7O. The molecule has 8 heteroatoms. The largest absolute Gasteiger partial charge is 0.380 e. The zero-order chi connectivity index (χ0) is 19.3. The number of aliphatic hydroxyl groups excluding tert-OH is 1. The molecule has 0 radical (unpaired) electrons. The quantitative estimate of drug-likeness (QED) is 0.585. The molecule has 0 spiro atoms. The number of rotatable bonds is 4. The van der Waals surface area contributed by atoms with Gasteiger partial charge in [-0.2, -0.15) is 10.2 Å². The Morgan fingerprint density at radius 2 is 2.07 bits per heavy atom. The molecule has 4 aromatic rings. The van der Waals surface area contributed by atoms with Crippen LogP contribution in [0.4, 0.5) is 0 Å². The van der Waals surface area contributed by atoms with Gasteiger partial charge in [0, 0.05) is 45.3 Å². The van der Waals surface area contributed by atoms with Crippen LogP contribution in [-0.2, 0) is 26.7 Å². The average Bonchev–Trinajstić information content (AvgIpc) is 3.38. The minimum absolute atomic E-state index is 0.670. The molecule has 1 atom stereocenters. The van der Waals surface area contributed by atoms with Crippen molar-refractivity contribution in [3.63, 3.8) is 0 Å². The van der Waals surface area contributed by atoms with Crippen LogP contribution in [0.25, 0.3) is 5.65 Å². The van der Waals surface area contributed by atoms with Crippen molar-refractivity contribution in [2.75, 3.05) is 6.54 Å². The Morgan fingerprint density at radius 1 is 1.18 bits per heavy atom. The summed E-state index contributed by atoms with van der Waals surface area (Å²) in [5, 5.41) is 19.4. The molecule has 1 N–H and O–H groups in total. The summed E-state index contributed by atoms with van der Waals surface area (Å²) in [5.74, 6) is 0. The first-order valence-electron chi connectivity index (χ1n) is 9.46. The summed E-state index contributed by atoms with van der Waals surface area (Å²) in [4.78, 5) is 7.10. The number of nitrogens with zero attached hydrogens (tertiary/aromatic N) is 7. The van der Waals surface area contributed by atoms with Gasteiger partial charge in [0.2, 0.25) is 0 Å². The van der Waals surface area contributed by atoms with Crippen molar-refractivity contribution in [1.29, 1.82) is 0 Å². The maximum atomic E-state index is 10.7. The van der Waals surface area contributed by atoms with Gasteiger partial charge < -0.3 is 9.51 Å². The normalized spacial score (nSPS) is 15.8. The number of pyridine rings is 1. The summed E-state index contributed by atoms with van der Waals surface area (Å²) in [6, 6.07) is 7.95. The highest BCUT2D eigenvalue weighted by Gasteiger charge is 2.23. The molecule has 28 heavy (non-hydrogen) atoms. The van der Waals surface area contributed by atoms with Crippen LogP contribution in [0.15, 0.2) is 42.9 Å². The van der Waals surface area contributed by atoms with Crippen molar-refractivity contribution in [1.82, 2.24) is 33.8 Å². The Hall–Kier alpha value is -2.97. The van der Waals surface area contributed by atoms with Crippen molar-refractivity contribution in [3.8, 4) is 0 Å².